The molecule has 1 unspecified atom stereocenters. The molecule has 0 bridgehead atoms. The molecule has 1 aromatic carbocycles. The van der Waals surface area contributed by atoms with Crippen molar-refractivity contribution in [2.75, 3.05) is 11.4 Å². The Balaban J connectivity index is 1.88. The molecule has 1 heterocycles. The molecule has 3 nitrogen and oxygen atoms in total. The SMILES string of the molecule is O=C1CCCC2(CCN(c3cccc(Cl)c3)C2=O)C1. The van der Waals surface area contributed by atoms with Crippen molar-refractivity contribution in [3.63, 3.8) is 0 Å². The van der Waals surface area contributed by atoms with Crippen molar-refractivity contribution in [2.24, 2.45) is 5.41 Å². The van der Waals surface area contributed by atoms with Crippen molar-refractivity contribution >= 4 is 29.0 Å². The van der Waals surface area contributed by atoms with Crippen LogP contribution in [0.1, 0.15) is 32.1 Å². The Morgan fingerprint density at radius 3 is 2.79 bits per heavy atom. The van der Waals surface area contributed by atoms with E-state index in [-0.39, 0.29) is 11.7 Å². The Labute approximate surface area is 117 Å². The predicted molar refractivity (Wildman–Crippen MR) is 74.3 cm³/mol. The van der Waals surface area contributed by atoms with E-state index in [1.54, 1.807) is 11.0 Å². The monoisotopic (exact) mass is 277 g/mol. The summed E-state index contributed by atoms with van der Waals surface area (Å²) in [6.07, 6.45) is 3.52. The van der Waals surface area contributed by atoms with E-state index in [0.717, 1.165) is 24.9 Å². The van der Waals surface area contributed by atoms with Crippen LogP contribution in [0.5, 0.6) is 0 Å². The molecule has 2 aliphatic rings. The summed E-state index contributed by atoms with van der Waals surface area (Å²) in [6.45, 7) is 0.687. The van der Waals surface area contributed by atoms with Gasteiger partial charge in [-0.2, -0.15) is 0 Å². The molecule has 0 aromatic heterocycles. The van der Waals surface area contributed by atoms with E-state index in [1.165, 1.54) is 0 Å². The van der Waals surface area contributed by atoms with E-state index < -0.39 is 5.41 Å². The molecule has 19 heavy (non-hydrogen) atoms. The first-order valence-electron chi connectivity index (χ1n) is 6.70. The summed E-state index contributed by atoms with van der Waals surface area (Å²) in [5.41, 5.74) is 0.407. The number of hydrogen-bond donors (Lipinski definition) is 0. The molecule has 1 saturated carbocycles. The molecule has 1 aromatic rings. The number of carbonyl (C=O) groups is 2. The fraction of sp³-hybridized carbons (Fsp3) is 0.467. The van der Waals surface area contributed by atoms with E-state index in [9.17, 15) is 9.59 Å². The van der Waals surface area contributed by atoms with E-state index in [2.05, 4.69) is 0 Å². The van der Waals surface area contributed by atoms with Crippen LogP contribution in [-0.4, -0.2) is 18.2 Å². The van der Waals surface area contributed by atoms with Gasteiger partial charge in [0.25, 0.3) is 0 Å². The van der Waals surface area contributed by atoms with Crippen LogP contribution in [0.15, 0.2) is 24.3 Å². The second-order valence-electron chi connectivity index (χ2n) is 5.54. The third-order valence-corrected chi connectivity index (χ3v) is 4.51. The number of halogens is 1. The molecule has 1 aliphatic carbocycles. The third-order valence-electron chi connectivity index (χ3n) is 4.28. The van der Waals surface area contributed by atoms with Crippen LogP contribution in [0.3, 0.4) is 0 Å². The zero-order valence-corrected chi connectivity index (χ0v) is 11.4. The first kappa shape index (κ1) is 12.7. The van der Waals surface area contributed by atoms with Gasteiger partial charge >= 0.3 is 0 Å². The Hall–Kier alpha value is -1.35. The summed E-state index contributed by atoms with van der Waals surface area (Å²) >= 11 is 5.98. The maximum absolute atomic E-state index is 12.7. The molecule has 1 amide bonds. The normalized spacial score (nSPS) is 27.3. The Morgan fingerprint density at radius 1 is 1.21 bits per heavy atom. The Morgan fingerprint density at radius 2 is 2.05 bits per heavy atom. The fourth-order valence-electron chi connectivity index (χ4n) is 3.29. The van der Waals surface area contributed by atoms with Gasteiger partial charge in [0.15, 0.2) is 0 Å². The van der Waals surface area contributed by atoms with Crippen LogP contribution in [0.2, 0.25) is 5.02 Å². The lowest BCUT2D eigenvalue weighted by molar-refractivity contribution is -0.134. The minimum absolute atomic E-state index is 0.0998. The summed E-state index contributed by atoms with van der Waals surface area (Å²) in [6, 6.07) is 7.35. The average molecular weight is 278 g/mol. The maximum Gasteiger partial charge on any atom is 0.233 e. The summed E-state index contributed by atoms with van der Waals surface area (Å²) < 4.78 is 0. The Kier molecular flexibility index (Phi) is 3.09. The summed E-state index contributed by atoms with van der Waals surface area (Å²) in [7, 11) is 0. The van der Waals surface area contributed by atoms with Gasteiger partial charge in [-0.25, -0.2) is 0 Å². The minimum atomic E-state index is -0.433. The van der Waals surface area contributed by atoms with E-state index in [4.69, 9.17) is 11.6 Å². The van der Waals surface area contributed by atoms with Crippen molar-refractivity contribution in [1.29, 1.82) is 0 Å². The van der Waals surface area contributed by atoms with Crippen molar-refractivity contribution in [1.82, 2.24) is 0 Å². The smallest absolute Gasteiger partial charge is 0.233 e. The number of ketones is 1. The van der Waals surface area contributed by atoms with Crippen molar-refractivity contribution < 1.29 is 9.59 Å². The molecule has 1 aliphatic heterocycles. The molecule has 100 valence electrons. The first-order chi connectivity index (χ1) is 9.11. The first-order valence-corrected chi connectivity index (χ1v) is 7.08. The molecule has 1 spiro atoms. The van der Waals surface area contributed by atoms with Crippen molar-refractivity contribution in [3.05, 3.63) is 29.3 Å². The van der Waals surface area contributed by atoms with Crippen LogP contribution >= 0.6 is 11.6 Å². The van der Waals surface area contributed by atoms with Crippen LogP contribution in [0.4, 0.5) is 5.69 Å². The lowest BCUT2D eigenvalue weighted by atomic mass is 9.72. The average Bonchev–Trinajstić information content (AvgIpc) is 2.67. The number of hydrogen-bond acceptors (Lipinski definition) is 2. The molecule has 1 atom stereocenters. The van der Waals surface area contributed by atoms with Gasteiger partial charge in [0.05, 0.1) is 5.41 Å². The molecule has 4 heteroatoms. The number of rotatable bonds is 1. The van der Waals surface area contributed by atoms with Gasteiger partial charge in [0.1, 0.15) is 5.78 Å². The zero-order chi connectivity index (χ0) is 13.5. The van der Waals surface area contributed by atoms with Gasteiger partial charge in [-0.15, -0.1) is 0 Å². The zero-order valence-electron chi connectivity index (χ0n) is 10.7. The van der Waals surface area contributed by atoms with Crippen LogP contribution in [0, 0.1) is 5.41 Å². The minimum Gasteiger partial charge on any atom is -0.312 e. The molecular formula is C15H16ClNO2. The van der Waals surface area contributed by atoms with Crippen molar-refractivity contribution in [3.8, 4) is 0 Å². The lowest BCUT2D eigenvalue weighted by Crippen LogP contribution is -2.38. The van der Waals surface area contributed by atoms with E-state index >= 15 is 0 Å². The largest absolute Gasteiger partial charge is 0.312 e. The second kappa shape index (κ2) is 4.64. The number of amides is 1. The molecule has 0 N–H and O–H groups in total. The second-order valence-corrected chi connectivity index (χ2v) is 5.97. The van der Waals surface area contributed by atoms with Crippen LogP contribution < -0.4 is 4.90 Å². The number of nitrogens with zero attached hydrogens (tertiary/aromatic N) is 1. The number of anilines is 1. The number of Topliss-reactive ketones (excluding diaryl/α,β-unsaturated/α-hetero) is 1. The fourth-order valence-corrected chi connectivity index (χ4v) is 3.47. The molecule has 1 saturated heterocycles. The number of carbonyl (C=O) groups excluding carboxylic acids is 2. The lowest BCUT2D eigenvalue weighted by Gasteiger charge is -2.30. The van der Waals surface area contributed by atoms with E-state index in [1.807, 2.05) is 18.2 Å². The predicted octanol–water partition coefficient (Wildman–Crippen LogP) is 3.21. The van der Waals surface area contributed by atoms with Gasteiger partial charge in [0.2, 0.25) is 5.91 Å². The molecule has 2 fully saturated rings. The summed E-state index contributed by atoms with van der Waals surface area (Å²) in [5, 5.41) is 0.631. The molecule has 0 radical (unpaired) electrons. The summed E-state index contributed by atoms with van der Waals surface area (Å²) in [5.74, 6) is 0.329. The standard InChI is InChI=1S/C15H16ClNO2/c16-11-3-1-4-12(9-11)17-8-7-15(14(17)19)6-2-5-13(18)10-15/h1,3-4,9H,2,5-8,10H2. The topological polar surface area (TPSA) is 37.4 Å². The van der Waals surface area contributed by atoms with E-state index in [0.29, 0.717) is 24.4 Å². The maximum atomic E-state index is 12.7. The van der Waals surface area contributed by atoms with Crippen LogP contribution in [-0.2, 0) is 9.59 Å². The summed E-state index contributed by atoms with van der Waals surface area (Å²) in [4.78, 5) is 26.1. The van der Waals surface area contributed by atoms with Crippen LogP contribution in [0.25, 0.3) is 0 Å². The van der Waals surface area contributed by atoms with Gasteiger partial charge in [-0.05, 0) is 37.5 Å². The highest BCUT2D eigenvalue weighted by Crippen LogP contribution is 2.45. The Bertz CT molecular complexity index is 543. The highest BCUT2D eigenvalue weighted by molar-refractivity contribution is 6.31. The quantitative estimate of drug-likeness (QED) is 0.790. The van der Waals surface area contributed by atoms with Gasteiger partial charge in [-0.3, -0.25) is 9.59 Å². The molecule has 3 rings (SSSR count). The molecular weight excluding hydrogens is 262 g/mol. The van der Waals surface area contributed by atoms with Gasteiger partial charge in [0, 0.05) is 30.1 Å². The third kappa shape index (κ3) is 2.16. The number of benzene rings is 1. The van der Waals surface area contributed by atoms with Gasteiger partial charge in [-0.1, -0.05) is 17.7 Å². The van der Waals surface area contributed by atoms with Crippen molar-refractivity contribution in [2.45, 2.75) is 32.1 Å². The highest BCUT2D eigenvalue weighted by Gasteiger charge is 2.49. The highest BCUT2D eigenvalue weighted by atomic mass is 35.5. The van der Waals surface area contributed by atoms with Gasteiger partial charge < -0.3 is 4.90 Å².